The topological polar surface area (TPSA) is 49.6 Å². The number of nitrogens with two attached hydrogens (primary N) is 1. The Morgan fingerprint density at radius 2 is 2.11 bits per heavy atom. The predicted molar refractivity (Wildman–Crippen MR) is 75.3 cm³/mol. The van der Waals surface area contributed by atoms with Crippen molar-refractivity contribution in [1.29, 1.82) is 0 Å². The van der Waals surface area contributed by atoms with E-state index < -0.39 is 0 Å². The Morgan fingerprint density at radius 3 is 2.67 bits per heavy atom. The summed E-state index contributed by atoms with van der Waals surface area (Å²) < 4.78 is 0. The van der Waals surface area contributed by atoms with E-state index >= 15 is 0 Å². The van der Waals surface area contributed by atoms with Gasteiger partial charge in [-0.15, -0.1) is 0 Å². The molecule has 1 fully saturated rings. The van der Waals surface area contributed by atoms with Crippen LogP contribution in [0.5, 0.6) is 0 Å². The molecule has 1 amide bonds. The van der Waals surface area contributed by atoms with Crippen molar-refractivity contribution in [1.82, 2.24) is 9.80 Å². The third-order valence-corrected chi connectivity index (χ3v) is 4.27. The van der Waals surface area contributed by atoms with Crippen LogP contribution in [-0.4, -0.2) is 55.0 Å². The first kappa shape index (κ1) is 15.4. The van der Waals surface area contributed by atoms with Crippen molar-refractivity contribution in [2.45, 2.75) is 51.6 Å². The molecule has 4 heteroatoms. The summed E-state index contributed by atoms with van der Waals surface area (Å²) in [6, 6.07) is 0.567. The first-order valence-electron chi connectivity index (χ1n) is 7.14. The molecule has 18 heavy (non-hydrogen) atoms. The van der Waals surface area contributed by atoms with Crippen molar-refractivity contribution in [3.8, 4) is 0 Å². The Kier molecular flexibility index (Phi) is 6.09. The summed E-state index contributed by atoms with van der Waals surface area (Å²) in [5.74, 6) is 0.0857. The van der Waals surface area contributed by atoms with Crippen molar-refractivity contribution < 1.29 is 4.79 Å². The highest BCUT2D eigenvalue weighted by molar-refractivity contribution is 5.78. The molecule has 0 spiro atoms. The highest BCUT2D eigenvalue weighted by Gasteiger charge is 2.23. The quantitative estimate of drug-likeness (QED) is 0.805. The third kappa shape index (κ3) is 4.25. The first-order valence-corrected chi connectivity index (χ1v) is 7.14. The van der Waals surface area contributed by atoms with Gasteiger partial charge in [-0.25, -0.2) is 0 Å². The van der Waals surface area contributed by atoms with E-state index in [1.165, 1.54) is 25.8 Å². The predicted octanol–water partition coefficient (Wildman–Crippen LogP) is 1.30. The van der Waals surface area contributed by atoms with Crippen LogP contribution < -0.4 is 5.73 Å². The fourth-order valence-electron chi connectivity index (χ4n) is 2.53. The molecule has 106 valence electrons. The van der Waals surface area contributed by atoms with E-state index in [4.69, 9.17) is 5.73 Å². The van der Waals surface area contributed by atoms with Crippen LogP contribution in [0, 0.1) is 5.92 Å². The van der Waals surface area contributed by atoms with Gasteiger partial charge in [-0.1, -0.05) is 13.3 Å². The van der Waals surface area contributed by atoms with E-state index in [2.05, 4.69) is 11.9 Å². The van der Waals surface area contributed by atoms with E-state index in [1.54, 1.807) is 0 Å². The molecule has 4 nitrogen and oxygen atoms in total. The average molecular weight is 255 g/mol. The molecule has 0 saturated carbocycles. The van der Waals surface area contributed by atoms with E-state index in [1.807, 2.05) is 25.8 Å². The van der Waals surface area contributed by atoms with Crippen LogP contribution in [0.4, 0.5) is 0 Å². The average Bonchev–Trinajstić information content (AvgIpc) is 2.35. The van der Waals surface area contributed by atoms with Crippen molar-refractivity contribution in [2.24, 2.45) is 11.7 Å². The number of hydrogen-bond acceptors (Lipinski definition) is 3. The number of hydrogen-bond donors (Lipinski definition) is 1. The minimum atomic E-state index is -0.0842. The molecule has 0 bridgehead atoms. The van der Waals surface area contributed by atoms with E-state index in [9.17, 15) is 4.79 Å². The van der Waals surface area contributed by atoms with Crippen molar-refractivity contribution in [3.63, 3.8) is 0 Å². The lowest BCUT2D eigenvalue weighted by atomic mass is 9.99. The van der Waals surface area contributed by atoms with Gasteiger partial charge in [-0.3, -0.25) is 4.79 Å². The molecule has 3 unspecified atom stereocenters. The zero-order chi connectivity index (χ0) is 13.7. The summed E-state index contributed by atoms with van der Waals surface area (Å²) in [6.07, 6.45) is 4.97. The van der Waals surface area contributed by atoms with E-state index in [-0.39, 0.29) is 17.9 Å². The summed E-state index contributed by atoms with van der Waals surface area (Å²) in [7, 11) is 4.08. The van der Waals surface area contributed by atoms with Gasteiger partial charge in [0.2, 0.25) is 5.91 Å². The molecule has 0 aromatic heterocycles. The zero-order valence-electron chi connectivity index (χ0n) is 12.4. The lowest BCUT2D eigenvalue weighted by Crippen LogP contribution is -2.43. The molecule has 3 atom stereocenters. The van der Waals surface area contributed by atoms with Gasteiger partial charge in [-0.05, 0) is 39.8 Å². The Balaban J connectivity index is 2.35. The fraction of sp³-hybridized carbons (Fsp3) is 0.929. The zero-order valence-corrected chi connectivity index (χ0v) is 12.4. The fourth-order valence-corrected chi connectivity index (χ4v) is 2.53. The Hall–Kier alpha value is -0.610. The third-order valence-electron chi connectivity index (χ3n) is 4.27. The van der Waals surface area contributed by atoms with Crippen LogP contribution in [0.25, 0.3) is 0 Å². The standard InChI is InChI=1S/C14H29N3O/c1-11(12(2)15)14(18)17(4)10-8-13-7-5-6-9-16(13)3/h11-13H,5-10,15H2,1-4H3. The number of carbonyl (C=O) groups excluding carboxylic acids is 1. The summed E-state index contributed by atoms with van der Waals surface area (Å²) >= 11 is 0. The van der Waals surface area contributed by atoms with Crippen LogP contribution >= 0.6 is 0 Å². The molecule has 1 saturated heterocycles. The van der Waals surface area contributed by atoms with Gasteiger partial charge in [0.25, 0.3) is 0 Å². The van der Waals surface area contributed by atoms with Crippen LogP contribution in [0.3, 0.4) is 0 Å². The molecular formula is C14H29N3O. The minimum Gasteiger partial charge on any atom is -0.345 e. The number of nitrogens with zero attached hydrogens (tertiary/aromatic N) is 2. The smallest absolute Gasteiger partial charge is 0.226 e. The maximum atomic E-state index is 12.1. The van der Waals surface area contributed by atoms with Crippen LogP contribution in [0.15, 0.2) is 0 Å². The molecule has 1 rings (SSSR count). The second kappa shape index (κ2) is 7.10. The van der Waals surface area contributed by atoms with Gasteiger partial charge in [0.15, 0.2) is 0 Å². The number of likely N-dealkylation sites (tertiary alicyclic amines) is 1. The van der Waals surface area contributed by atoms with E-state index in [0.717, 1.165) is 13.0 Å². The normalized spacial score (nSPS) is 24.6. The molecule has 0 aliphatic carbocycles. The van der Waals surface area contributed by atoms with Gasteiger partial charge in [0, 0.05) is 25.7 Å². The molecule has 0 aromatic carbocycles. The number of carbonyl (C=O) groups is 1. The second-order valence-electron chi connectivity index (χ2n) is 5.83. The first-order chi connectivity index (χ1) is 8.43. The monoisotopic (exact) mass is 255 g/mol. The Bertz CT molecular complexity index is 268. The largest absolute Gasteiger partial charge is 0.345 e. The van der Waals surface area contributed by atoms with Crippen molar-refractivity contribution in [3.05, 3.63) is 0 Å². The summed E-state index contributed by atoms with van der Waals surface area (Å²) in [4.78, 5) is 16.3. The second-order valence-corrected chi connectivity index (χ2v) is 5.83. The Labute approximate surface area is 111 Å². The van der Waals surface area contributed by atoms with Crippen LogP contribution in [-0.2, 0) is 4.79 Å². The molecule has 0 aromatic rings. The highest BCUT2D eigenvalue weighted by atomic mass is 16.2. The summed E-state index contributed by atoms with van der Waals surface area (Å²) in [6.45, 7) is 5.84. The van der Waals surface area contributed by atoms with Gasteiger partial charge in [-0.2, -0.15) is 0 Å². The SMILES string of the molecule is CC(N)C(C)C(=O)N(C)CCC1CCCCN1C. The van der Waals surface area contributed by atoms with Crippen molar-refractivity contribution >= 4 is 5.91 Å². The molecule has 0 radical (unpaired) electrons. The number of rotatable bonds is 5. The maximum absolute atomic E-state index is 12.1. The Morgan fingerprint density at radius 1 is 1.44 bits per heavy atom. The lowest BCUT2D eigenvalue weighted by molar-refractivity contribution is -0.134. The summed E-state index contributed by atoms with van der Waals surface area (Å²) in [5.41, 5.74) is 5.78. The highest BCUT2D eigenvalue weighted by Crippen LogP contribution is 2.18. The molecule has 1 aliphatic heterocycles. The van der Waals surface area contributed by atoms with Gasteiger partial charge in [0.1, 0.15) is 0 Å². The molecular weight excluding hydrogens is 226 g/mol. The number of piperidine rings is 1. The van der Waals surface area contributed by atoms with Crippen LogP contribution in [0.1, 0.15) is 39.5 Å². The summed E-state index contributed by atoms with van der Waals surface area (Å²) in [5, 5.41) is 0. The van der Waals surface area contributed by atoms with Gasteiger partial charge < -0.3 is 15.5 Å². The molecule has 1 aliphatic rings. The van der Waals surface area contributed by atoms with Crippen molar-refractivity contribution in [2.75, 3.05) is 27.2 Å². The van der Waals surface area contributed by atoms with Crippen LogP contribution in [0.2, 0.25) is 0 Å². The molecule has 1 heterocycles. The van der Waals surface area contributed by atoms with E-state index in [0.29, 0.717) is 6.04 Å². The van der Waals surface area contributed by atoms with Gasteiger partial charge in [0.05, 0.1) is 5.92 Å². The number of amides is 1. The maximum Gasteiger partial charge on any atom is 0.226 e. The van der Waals surface area contributed by atoms with Gasteiger partial charge >= 0.3 is 0 Å². The molecule has 2 N–H and O–H groups in total. The minimum absolute atomic E-state index is 0.0719. The lowest BCUT2D eigenvalue weighted by Gasteiger charge is -2.34.